The van der Waals surface area contributed by atoms with Gasteiger partial charge in [-0.1, -0.05) is 41.4 Å². The molecule has 0 bridgehead atoms. The lowest BCUT2D eigenvalue weighted by molar-refractivity contribution is -0.114. The van der Waals surface area contributed by atoms with E-state index < -0.39 is 28.4 Å². The van der Waals surface area contributed by atoms with Gasteiger partial charge < -0.3 is 10.1 Å². The Hall–Kier alpha value is -3.36. The molecular formula is C25H25ClN2O5S. The standard InChI is InChI=1S/C25H25ClN2O5S/c1-4-33-25(30)22-13-10-19(15-23(22)26)27-24(29)16-28(20-7-5-6-18(3)14-20)34(31,32)21-11-8-17(2)9-12-21/h5-15H,4,16H2,1-3H3,(H,27,29). The summed E-state index contributed by atoms with van der Waals surface area (Å²) >= 11 is 6.17. The molecule has 9 heteroatoms. The Morgan fingerprint density at radius 3 is 2.29 bits per heavy atom. The smallest absolute Gasteiger partial charge is 0.339 e. The van der Waals surface area contributed by atoms with E-state index in [0.29, 0.717) is 11.4 Å². The summed E-state index contributed by atoms with van der Waals surface area (Å²) in [7, 11) is -4.02. The molecule has 0 aliphatic rings. The molecule has 0 aliphatic heterocycles. The van der Waals surface area contributed by atoms with Gasteiger partial charge in [-0.3, -0.25) is 9.10 Å². The van der Waals surface area contributed by atoms with Gasteiger partial charge in [0.05, 0.1) is 27.8 Å². The van der Waals surface area contributed by atoms with E-state index in [1.165, 1.54) is 30.3 Å². The molecule has 0 aliphatic carbocycles. The Bertz CT molecular complexity index is 1310. The monoisotopic (exact) mass is 500 g/mol. The van der Waals surface area contributed by atoms with Crippen molar-refractivity contribution in [3.63, 3.8) is 0 Å². The van der Waals surface area contributed by atoms with E-state index in [2.05, 4.69) is 5.32 Å². The van der Waals surface area contributed by atoms with Gasteiger partial charge in [0, 0.05) is 5.69 Å². The normalized spacial score (nSPS) is 11.1. The number of ether oxygens (including phenoxy) is 1. The maximum absolute atomic E-state index is 13.5. The topological polar surface area (TPSA) is 92.8 Å². The van der Waals surface area contributed by atoms with Crippen LogP contribution in [-0.2, 0) is 19.6 Å². The number of aryl methyl sites for hydroxylation is 2. The fourth-order valence-corrected chi connectivity index (χ4v) is 4.90. The van der Waals surface area contributed by atoms with E-state index in [1.54, 1.807) is 37.3 Å². The van der Waals surface area contributed by atoms with Gasteiger partial charge in [-0.2, -0.15) is 0 Å². The lowest BCUT2D eigenvalue weighted by Gasteiger charge is -2.24. The molecule has 178 valence electrons. The molecule has 0 spiro atoms. The van der Waals surface area contributed by atoms with Gasteiger partial charge in [0.25, 0.3) is 10.0 Å². The summed E-state index contributed by atoms with van der Waals surface area (Å²) in [5.41, 5.74) is 2.63. The molecule has 0 fully saturated rings. The number of hydrogen-bond donors (Lipinski definition) is 1. The zero-order valence-electron chi connectivity index (χ0n) is 19.0. The Morgan fingerprint density at radius 2 is 1.68 bits per heavy atom. The number of carbonyl (C=O) groups excluding carboxylic acids is 2. The molecule has 1 amide bonds. The van der Waals surface area contributed by atoms with E-state index in [4.69, 9.17) is 16.3 Å². The van der Waals surface area contributed by atoms with Crippen LogP contribution in [0.15, 0.2) is 71.6 Å². The van der Waals surface area contributed by atoms with E-state index in [1.807, 2.05) is 19.9 Å². The molecule has 3 aromatic rings. The van der Waals surface area contributed by atoms with Gasteiger partial charge in [-0.25, -0.2) is 13.2 Å². The van der Waals surface area contributed by atoms with Crippen molar-refractivity contribution in [3.05, 3.63) is 88.4 Å². The number of hydrogen-bond acceptors (Lipinski definition) is 5. The number of benzene rings is 3. The van der Waals surface area contributed by atoms with Crippen LogP contribution in [0.2, 0.25) is 5.02 Å². The lowest BCUT2D eigenvalue weighted by Crippen LogP contribution is -2.38. The van der Waals surface area contributed by atoms with Crippen molar-refractivity contribution in [2.45, 2.75) is 25.7 Å². The van der Waals surface area contributed by atoms with Crippen LogP contribution >= 0.6 is 11.6 Å². The average molecular weight is 501 g/mol. The highest BCUT2D eigenvalue weighted by atomic mass is 35.5. The van der Waals surface area contributed by atoms with E-state index in [9.17, 15) is 18.0 Å². The number of nitrogens with zero attached hydrogens (tertiary/aromatic N) is 1. The molecule has 34 heavy (non-hydrogen) atoms. The van der Waals surface area contributed by atoms with Crippen molar-refractivity contribution in [2.24, 2.45) is 0 Å². The van der Waals surface area contributed by atoms with Crippen molar-refractivity contribution in [1.29, 1.82) is 0 Å². The van der Waals surface area contributed by atoms with Crippen LogP contribution in [0.1, 0.15) is 28.4 Å². The summed E-state index contributed by atoms with van der Waals surface area (Å²) in [6, 6.07) is 17.7. The highest BCUT2D eigenvalue weighted by molar-refractivity contribution is 7.92. The summed E-state index contributed by atoms with van der Waals surface area (Å²) in [4.78, 5) is 24.9. The van der Waals surface area contributed by atoms with E-state index >= 15 is 0 Å². The van der Waals surface area contributed by atoms with Crippen molar-refractivity contribution >= 4 is 44.9 Å². The number of rotatable bonds is 8. The molecule has 0 heterocycles. The summed E-state index contributed by atoms with van der Waals surface area (Å²) < 4.78 is 32.9. The second-order valence-corrected chi connectivity index (χ2v) is 9.90. The van der Waals surface area contributed by atoms with E-state index in [-0.39, 0.29) is 22.1 Å². The number of carbonyl (C=O) groups is 2. The average Bonchev–Trinajstić information content (AvgIpc) is 2.78. The molecule has 0 saturated carbocycles. The summed E-state index contributed by atoms with van der Waals surface area (Å²) in [5, 5.41) is 2.76. The number of halogens is 1. The molecule has 0 aromatic heterocycles. The molecule has 0 unspecified atom stereocenters. The molecule has 3 rings (SSSR count). The van der Waals surface area contributed by atoms with Crippen molar-refractivity contribution in [1.82, 2.24) is 0 Å². The Kier molecular flexibility index (Phi) is 7.96. The van der Waals surface area contributed by atoms with Crippen molar-refractivity contribution < 1.29 is 22.7 Å². The lowest BCUT2D eigenvalue weighted by atomic mass is 10.2. The first-order chi connectivity index (χ1) is 16.1. The van der Waals surface area contributed by atoms with Crippen LogP contribution in [0.4, 0.5) is 11.4 Å². The number of esters is 1. The molecule has 0 radical (unpaired) electrons. The Morgan fingerprint density at radius 1 is 0.971 bits per heavy atom. The Balaban J connectivity index is 1.88. The van der Waals surface area contributed by atoms with Crippen molar-refractivity contribution in [3.8, 4) is 0 Å². The van der Waals surface area contributed by atoms with Crippen LogP contribution in [0, 0.1) is 13.8 Å². The maximum atomic E-state index is 13.5. The molecule has 0 atom stereocenters. The molecule has 1 N–H and O–H groups in total. The predicted molar refractivity (Wildman–Crippen MR) is 133 cm³/mol. The second-order valence-electron chi connectivity index (χ2n) is 7.63. The van der Waals surface area contributed by atoms with Gasteiger partial charge in [0.15, 0.2) is 0 Å². The largest absolute Gasteiger partial charge is 0.462 e. The molecule has 7 nitrogen and oxygen atoms in total. The third-order valence-electron chi connectivity index (χ3n) is 4.93. The van der Waals surface area contributed by atoms with Gasteiger partial charge in [-0.15, -0.1) is 0 Å². The number of nitrogens with one attached hydrogen (secondary N) is 1. The maximum Gasteiger partial charge on any atom is 0.339 e. The number of sulfonamides is 1. The molecule has 3 aromatic carbocycles. The summed E-state index contributed by atoms with van der Waals surface area (Å²) in [6.45, 7) is 5.13. The first kappa shape index (κ1) is 25.3. The minimum absolute atomic E-state index is 0.0780. The minimum atomic E-state index is -4.02. The summed E-state index contributed by atoms with van der Waals surface area (Å²) in [6.07, 6.45) is 0. The van der Waals surface area contributed by atoms with Crippen molar-refractivity contribution in [2.75, 3.05) is 22.8 Å². The van der Waals surface area contributed by atoms with Gasteiger partial charge in [-0.05, 0) is 68.8 Å². The molecular weight excluding hydrogens is 476 g/mol. The Labute approximate surface area is 204 Å². The fourth-order valence-electron chi connectivity index (χ4n) is 3.23. The highest BCUT2D eigenvalue weighted by Crippen LogP contribution is 2.26. The first-order valence-electron chi connectivity index (χ1n) is 10.5. The van der Waals surface area contributed by atoms with E-state index in [0.717, 1.165) is 15.4 Å². The van der Waals surface area contributed by atoms with Crippen LogP contribution in [-0.4, -0.2) is 33.4 Å². The third-order valence-corrected chi connectivity index (χ3v) is 7.03. The van der Waals surface area contributed by atoms with Gasteiger partial charge in [0.2, 0.25) is 5.91 Å². The summed E-state index contributed by atoms with van der Waals surface area (Å²) in [5.74, 6) is -1.14. The number of amides is 1. The number of anilines is 2. The van der Waals surface area contributed by atoms with Gasteiger partial charge in [0.1, 0.15) is 6.54 Å². The first-order valence-corrected chi connectivity index (χ1v) is 12.4. The fraction of sp³-hybridized carbons (Fsp3) is 0.200. The third kappa shape index (κ3) is 5.95. The SMILES string of the molecule is CCOC(=O)c1ccc(NC(=O)CN(c2cccc(C)c2)S(=O)(=O)c2ccc(C)cc2)cc1Cl. The zero-order chi connectivity index (χ0) is 24.9. The van der Waals surface area contributed by atoms with Crippen LogP contribution in [0.5, 0.6) is 0 Å². The van der Waals surface area contributed by atoms with Crippen LogP contribution < -0.4 is 9.62 Å². The quantitative estimate of drug-likeness (QED) is 0.441. The zero-order valence-corrected chi connectivity index (χ0v) is 20.6. The molecule has 0 saturated heterocycles. The van der Waals surface area contributed by atoms with Crippen LogP contribution in [0.3, 0.4) is 0 Å². The minimum Gasteiger partial charge on any atom is -0.462 e. The highest BCUT2D eigenvalue weighted by Gasteiger charge is 2.27. The van der Waals surface area contributed by atoms with Gasteiger partial charge >= 0.3 is 5.97 Å². The predicted octanol–water partition coefficient (Wildman–Crippen LogP) is 4.97. The second kappa shape index (κ2) is 10.7. The van der Waals surface area contributed by atoms with Crippen LogP contribution in [0.25, 0.3) is 0 Å².